The van der Waals surface area contributed by atoms with E-state index < -0.39 is 11.8 Å². The zero-order valence-corrected chi connectivity index (χ0v) is 16.8. The molecule has 5 nitrogen and oxygen atoms in total. The van der Waals surface area contributed by atoms with Gasteiger partial charge in [-0.3, -0.25) is 15.0 Å². The molecular formula is C23H19ClN2O3. The summed E-state index contributed by atoms with van der Waals surface area (Å²) in [6.45, 7) is 3.98. The third-order valence-corrected chi connectivity index (χ3v) is 5.27. The van der Waals surface area contributed by atoms with Crippen LogP contribution in [0.1, 0.15) is 23.8 Å². The van der Waals surface area contributed by atoms with Gasteiger partial charge in [-0.05, 0) is 60.9 Å². The standard InChI is InChI=1S/C23H19ClN2O3/c1-3-15-5-8-17(9-6-15)26-23(28)19(22(27)25-26)13-18-10-11-21(29-18)16-7-4-14(2)20(24)12-16/h4-13H,3H2,1-2H3,(H,25,27). The van der Waals surface area contributed by atoms with Gasteiger partial charge < -0.3 is 4.42 Å². The highest BCUT2D eigenvalue weighted by atomic mass is 35.5. The Labute approximate surface area is 173 Å². The molecule has 2 aromatic carbocycles. The number of hydrogen-bond acceptors (Lipinski definition) is 3. The molecule has 6 heteroatoms. The second-order valence-corrected chi connectivity index (χ2v) is 7.23. The molecule has 0 aliphatic carbocycles. The molecule has 3 aromatic rings. The van der Waals surface area contributed by atoms with Crippen molar-refractivity contribution in [1.29, 1.82) is 0 Å². The summed E-state index contributed by atoms with van der Waals surface area (Å²) in [6, 6.07) is 16.6. The van der Waals surface area contributed by atoms with Gasteiger partial charge in [0.2, 0.25) is 0 Å². The van der Waals surface area contributed by atoms with Crippen molar-refractivity contribution in [2.45, 2.75) is 20.3 Å². The van der Waals surface area contributed by atoms with Gasteiger partial charge in [-0.1, -0.05) is 42.8 Å². The molecule has 1 fully saturated rings. The van der Waals surface area contributed by atoms with E-state index in [1.54, 1.807) is 12.1 Å². The summed E-state index contributed by atoms with van der Waals surface area (Å²) in [5.41, 5.74) is 6.18. The molecule has 0 spiro atoms. The number of rotatable bonds is 4. The van der Waals surface area contributed by atoms with Crippen LogP contribution in [0.15, 0.2) is 64.6 Å². The highest BCUT2D eigenvalue weighted by molar-refractivity contribution is 6.32. The Hall–Kier alpha value is -3.31. The number of hydrogen-bond donors (Lipinski definition) is 1. The molecule has 1 N–H and O–H groups in total. The molecule has 1 aliphatic rings. The first kappa shape index (κ1) is 19.0. The summed E-state index contributed by atoms with van der Waals surface area (Å²) in [4.78, 5) is 25.1. The van der Waals surface area contributed by atoms with Crippen LogP contribution in [0, 0.1) is 6.92 Å². The van der Waals surface area contributed by atoms with Gasteiger partial charge in [0.25, 0.3) is 11.8 Å². The number of hydrazine groups is 1. The van der Waals surface area contributed by atoms with Crippen molar-refractivity contribution in [1.82, 2.24) is 5.43 Å². The fourth-order valence-corrected chi connectivity index (χ4v) is 3.27. The first-order valence-electron chi connectivity index (χ1n) is 9.28. The van der Waals surface area contributed by atoms with E-state index in [1.807, 2.05) is 49.4 Å². The molecular weight excluding hydrogens is 388 g/mol. The zero-order chi connectivity index (χ0) is 20.5. The molecule has 0 radical (unpaired) electrons. The van der Waals surface area contributed by atoms with Gasteiger partial charge in [0.05, 0.1) is 5.69 Å². The summed E-state index contributed by atoms with van der Waals surface area (Å²) >= 11 is 6.18. The Morgan fingerprint density at radius 2 is 1.83 bits per heavy atom. The molecule has 0 atom stereocenters. The van der Waals surface area contributed by atoms with Crippen molar-refractivity contribution in [3.63, 3.8) is 0 Å². The first-order valence-corrected chi connectivity index (χ1v) is 9.66. The molecule has 4 rings (SSSR count). The summed E-state index contributed by atoms with van der Waals surface area (Å²) in [5.74, 6) is 0.136. The lowest BCUT2D eigenvalue weighted by Crippen LogP contribution is -2.35. The third-order valence-electron chi connectivity index (χ3n) is 4.86. The molecule has 0 saturated carbocycles. The molecule has 0 bridgehead atoms. The van der Waals surface area contributed by atoms with E-state index in [0.29, 0.717) is 22.2 Å². The van der Waals surface area contributed by atoms with Gasteiger partial charge >= 0.3 is 0 Å². The van der Waals surface area contributed by atoms with Crippen molar-refractivity contribution in [2.75, 3.05) is 5.01 Å². The van der Waals surface area contributed by atoms with E-state index in [0.717, 1.165) is 23.1 Å². The minimum Gasteiger partial charge on any atom is -0.457 e. The number of anilines is 1. The van der Waals surface area contributed by atoms with E-state index >= 15 is 0 Å². The minimum absolute atomic E-state index is 0.0207. The van der Waals surface area contributed by atoms with Gasteiger partial charge in [-0.15, -0.1) is 0 Å². The largest absolute Gasteiger partial charge is 0.457 e. The summed E-state index contributed by atoms with van der Waals surface area (Å²) in [7, 11) is 0. The third kappa shape index (κ3) is 3.69. The van der Waals surface area contributed by atoms with Gasteiger partial charge in [0.15, 0.2) is 0 Å². The maximum Gasteiger partial charge on any atom is 0.282 e. The number of carbonyl (C=O) groups is 2. The van der Waals surface area contributed by atoms with Crippen LogP contribution >= 0.6 is 11.6 Å². The molecule has 146 valence electrons. The quantitative estimate of drug-likeness (QED) is 0.493. The van der Waals surface area contributed by atoms with Crippen LogP contribution in [0.3, 0.4) is 0 Å². The van der Waals surface area contributed by atoms with Crippen LogP contribution in [0.2, 0.25) is 5.02 Å². The summed E-state index contributed by atoms with van der Waals surface area (Å²) in [6.07, 6.45) is 2.36. The van der Waals surface area contributed by atoms with Gasteiger partial charge in [0.1, 0.15) is 17.1 Å². The normalized spacial score (nSPS) is 15.3. The van der Waals surface area contributed by atoms with E-state index in [4.69, 9.17) is 16.0 Å². The number of halogens is 1. The van der Waals surface area contributed by atoms with E-state index in [1.165, 1.54) is 11.1 Å². The van der Waals surface area contributed by atoms with Gasteiger partial charge in [-0.25, -0.2) is 5.01 Å². The number of carbonyl (C=O) groups excluding carboxylic acids is 2. The molecule has 2 amide bonds. The molecule has 2 heterocycles. The average molecular weight is 407 g/mol. The second kappa shape index (κ2) is 7.60. The van der Waals surface area contributed by atoms with Crippen LogP contribution in [0.25, 0.3) is 17.4 Å². The minimum atomic E-state index is -0.467. The van der Waals surface area contributed by atoms with Crippen LogP contribution in [-0.4, -0.2) is 11.8 Å². The maximum atomic E-state index is 12.7. The lowest BCUT2D eigenvalue weighted by atomic mass is 10.1. The Morgan fingerprint density at radius 3 is 2.52 bits per heavy atom. The molecule has 1 saturated heterocycles. The number of benzene rings is 2. The van der Waals surface area contributed by atoms with E-state index in [9.17, 15) is 9.59 Å². The number of furan rings is 1. The van der Waals surface area contributed by atoms with Crippen LogP contribution < -0.4 is 10.4 Å². The predicted molar refractivity (Wildman–Crippen MR) is 113 cm³/mol. The number of aryl methyl sites for hydroxylation is 2. The maximum absolute atomic E-state index is 12.7. The van der Waals surface area contributed by atoms with Crippen molar-refractivity contribution >= 4 is 35.2 Å². The highest BCUT2D eigenvalue weighted by Crippen LogP contribution is 2.28. The molecule has 1 aliphatic heterocycles. The summed E-state index contributed by atoms with van der Waals surface area (Å²) < 4.78 is 5.81. The Bertz CT molecular complexity index is 1130. The molecule has 0 unspecified atom stereocenters. The van der Waals surface area contributed by atoms with Gasteiger partial charge in [0, 0.05) is 10.6 Å². The SMILES string of the molecule is CCc1ccc(N2NC(=O)C(=Cc3ccc(-c4ccc(C)c(Cl)c4)o3)C2=O)cc1. The predicted octanol–water partition coefficient (Wildman–Crippen LogP) is 4.93. The van der Waals surface area contributed by atoms with Crippen molar-refractivity contribution < 1.29 is 14.0 Å². The van der Waals surface area contributed by atoms with Crippen molar-refractivity contribution in [2.24, 2.45) is 0 Å². The fourth-order valence-electron chi connectivity index (χ4n) is 3.09. The van der Waals surface area contributed by atoms with E-state index in [-0.39, 0.29) is 5.57 Å². The number of nitrogens with zero attached hydrogens (tertiary/aromatic N) is 1. The average Bonchev–Trinajstić information content (AvgIpc) is 3.30. The Balaban J connectivity index is 1.59. The lowest BCUT2D eigenvalue weighted by molar-refractivity contribution is -0.117. The highest BCUT2D eigenvalue weighted by Gasteiger charge is 2.34. The van der Waals surface area contributed by atoms with Gasteiger partial charge in [-0.2, -0.15) is 0 Å². The van der Waals surface area contributed by atoms with Crippen LogP contribution in [0.4, 0.5) is 5.69 Å². The Morgan fingerprint density at radius 1 is 1.07 bits per heavy atom. The smallest absolute Gasteiger partial charge is 0.282 e. The fraction of sp³-hybridized carbons (Fsp3) is 0.130. The second-order valence-electron chi connectivity index (χ2n) is 6.83. The topological polar surface area (TPSA) is 62.6 Å². The molecule has 29 heavy (non-hydrogen) atoms. The monoisotopic (exact) mass is 406 g/mol. The van der Waals surface area contributed by atoms with Crippen LogP contribution in [-0.2, 0) is 16.0 Å². The van der Waals surface area contributed by atoms with Crippen LogP contribution in [0.5, 0.6) is 0 Å². The van der Waals surface area contributed by atoms with Crippen molar-refractivity contribution in [3.05, 3.63) is 82.1 Å². The molecule has 1 aromatic heterocycles. The Kier molecular flexibility index (Phi) is 4.99. The number of nitrogens with one attached hydrogen (secondary N) is 1. The van der Waals surface area contributed by atoms with Crippen molar-refractivity contribution in [3.8, 4) is 11.3 Å². The first-order chi connectivity index (χ1) is 14.0. The summed E-state index contributed by atoms with van der Waals surface area (Å²) in [5, 5.41) is 1.89. The number of amides is 2. The lowest BCUT2D eigenvalue weighted by Gasteiger charge is -2.14. The zero-order valence-electron chi connectivity index (χ0n) is 16.0. The van der Waals surface area contributed by atoms with E-state index in [2.05, 4.69) is 12.3 Å².